The quantitative estimate of drug-likeness (QED) is 0.887. The molecule has 1 saturated heterocycles. The minimum absolute atomic E-state index is 0. The van der Waals surface area contributed by atoms with Gasteiger partial charge in [-0.25, -0.2) is 0 Å². The number of amides is 1. The van der Waals surface area contributed by atoms with Crippen molar-refractivity contribution in [3.8, 4) is 0 Å². The van der Waals surface area contributed by atoms with Gasteiger partial charge in [0, 0.05) is 29.3 Å². The molecule has 2 rings (SSSR count). The molecule has 1 aliphatic heterocycles. The zero-order valence-electron chi connectivity index (χ0n) is 9.93. The van der Waals surface area contributed by atoms with Crippen molar-refractivity contribution < 1.29 is 4.79 Å². The maximum Gasteiger partial charge on any atom is 0.238 e. The Bertz CT molecular complexity index is 416. The van der Waals surface area contributed by atoms with Crippen LogP contribution < -0.4 is 11.1 Å². The van der Waals surface area contributed by atoms with Crippen molar-refractivity contribution in [3.63, 3.8) is 0 Å². The van der Waals surface area contributed by atoms with Crippen molar-refractivity contribution in [3.05, 3.63) is 28.7 Å². The van der Waals surface area contributed by atoms with Crippen molar-refractivity contribution >= 4 is 39.9 Å². The molecule has 0 aromatic heterocycles. The van der Waals surface area contributed by atoms with Gasteiger partial charge in [-0.05, 0) is 24.6 Å². The number of rotatable bonds is 3. The van der Waals surface area contributed by atoms with Crippen LogP contribution in [0.5, 0.6) is 0 Å². The zero-order chi connectivity index (χ0) is 12.3. The van der Waals surface area contributed by atoms with Crippen LogP contribution in [0.1, 0.15) is 6.42 Å². The molecule has 0 spiro atoms. The predicted octanol–water partition coefficient (Wildman–Crippen LogP) is 1.84. The summed E-state index contributed by atoms with van der Waals surface area (Å²) in [5.74, 6) is 0.0113. The van der Waals surface area contributed by atoms with Crippen LogP contribution in [-0.2, 0) is 4.79 Å². The second kappa shape index (κ2) is 7.09. The molecule has 1 aromatic rings. The number of carbonyl (C=O) groups excluding carboxylic acids is 1. The highest BCUT2D eigenvalue weighted by Gasteiger charge is 2.20. The lowest BCUT2D eigenvalue weighted by molar-refractivity contribution is -0.117. The number of nitrogens with two attached hydrogens (primary N) is 1. The molecule has 0 aliphatic carbocycles. The predicted molar refractivity (Wildman–Crippen MR) is 79.1 cm³/mol. The van der Waals surface area contributed by atoms with Crippen molar-refractivity contribution in [2.24, 2.45) is 5.73 Å². The van der Waals surface area contributed by atoms with Crippen molar-refractivity contribution in [2.75, 3.05) is 25.0 Å². The first kappa shape index (κ1) is 15.4. The smallest absolute Gasteiger partial charge is 0.238 e. The van der Waals surface area contributed by atoms with Crippen molar-refractivity contribution in [1.82, 2.24) is 4.90 Å². The Morgan fingerprint density at radius 2 is 2.33 bits per heavy atom. The van der Waals surface area contributed by atoms with E-state index < -0.39 is 0 Å². The molecule has 1 amide bonds. The van der Waals surface area contributed by atoms with E-state index in [1.165, 1.54) is 0 Å². The first-order chi connectivity index (χ1) is 8.13. The molecule has 0 saturated carbocycles. The van der Waals surface area contributed by atoms with E-state index in [9.17, 15) is 4.79 Å². The number of anilines is 1. The van der Waals surface area contributed by atoms with Gasteiger partial charge in [0.15, 0.2) is 0 Å². The summed E-state index contributed by atoms with van der Waals surface area (Å²) in [5, 5.41) is 2.87. The summed E-state index contributed by atoms with van der Waals surface area (Å²) in [6, 6.07) is 7.79. The van der Waals surface area contributed by atoms with Gasteiger partial charge in [-0.3, -0.25) is 9.69 Å². The Balaban J connectivity index is 0.00000162. The Hall–Kier alpha value is -0.620. The summed E-state index contributed by atoms with van der Waals surface area (Å²) in [5.41, 5.74) is 6.61. The number of hydrogen-bond acceptors (Lipinski definition) is 3. The number of carbonyl (C=O) groups is 1. The molecule has 1 unspecified atom stereocenters. The number of hydrogen-bond donors (Lipinski definition) is 2. The lowest BCUT2D eigenvalue weighted by Crippen LogP contribution is -2.33. The number of nitrogens with zero attached hydrogens (tertiary/aromatic N) is 1. The molecular weight excluding hydrogens is 318 g/mol. The highest BCUT2D eigenvalue weighted by Crippen LogP contribution is 2.15. The molecule has 18 heavy (non-hydrogen) atoms. The fourth-order valence-electron chi connectivity index (χ4n) is 1.98. The summed E-state index contributed by atoms with van der Waals surface area (Å²) in [4.78, 5) is 13.9. The maximum atomic E-state index is 11.8. The van der Waals surface area contributed by atoms with Crippen LogP contribution in [-0.4, -0.2) is 36.5 Å². The second-order valence-electron chi connectivity index (χ2n) is 4.34. The van der Waals surface area contributed by atoms with Crippen molar-refractivity contribution in [2.45, 2.75) is 12.5 Å². The minimum Gasteiger partial charge on any atom is -0.326 e. The highest BCUT2D eigenvalue weighted by molar-refractivity contribution is 9.10. The monoisotopic (exact) mass is 333 g/mol. The van der Waals surface area contributed by atoms with Gasteiger partial charge in [-0.1, -0.05) is 22.0 Å². The van der Waals surface area contributed by atoms with E-state index in [4.69, 9.17) is 5.73 Å². The summed E-state index contributed by atoms with van der Waals surface area (Å²) in [7, 11) is 0. The lowest BCUT2D eigenvalue weighted by Gasteiger charge is -2.14. The zero-order valence-corrected chi connectivity index (χ0v) is 12.3. The molecule has 1 aliphatic rings. The highest BCUT2D eigenvalue weighted by atomic mass is 79.9. The van der Waals surface area contributed by atoms with E-state index in [0.717, 1.165) is 29.7 Å². The Kier molecular flexibility index (Phi) is 6.08. The van der Waals surface area contributed by atoms with E-state index in [2.05, 4.69) is 26.1 Å². The van der Waals surface area contributed by atoms with Gasteiger partial charge in [0.25, 0.3) is 0 Å². The average molecular weight is 335 g/mol. The third-order valence-corrected chi connectivity index (χ3v) is 3.28. The Morgan fingerprint density at radius 1 is 1.56 bits per heavy atom. The van der Waals surface area contributed by atoms with E-state index in [0.29, 0.717) is 6.54 Å². The fraction of sp³-hybridized carbons (Fsp3) is 0.417. The number of halogens is 2. The van der Waals surface area contributed by atoms with E-state index >= 15 is 0 Å². The number of nitrogens with one attached hydrogen (secondary N) is 1. The van der Waals surface area contributed by atoms with Gasteiger partial charge in [-0.15, -0.1) is 12.4 Å². The molecule has 0 bridgehead atoms. The molecule has 6 heteroatoms. The van der Waals surface area contributed by atoms with E-state index in [1.54, 1.807) is 0 Å². The standard InChI is InChI=1S/C12H16BrN3O.ClH/c13-9-2-1-3-11(6-9)15-12(17)8-16-5-4-10(14)7-16;/h1-3,6,10H,4-5,7-8,14H2,(H,15,17);1H. The summed E-state index contributed by atoms with van der Waals surface area (Å²) < 4.78 is 0.957. The number of likely N-dealkylation sites (tertiary alicyclic amines) is 1. The fourth-order valence-corrected chi connectivity index (χ4v) is 2.38. The molecule has 0 radical (unpaired) electrons. The van der Waals surface area contributed by atoms with Crippen LogP contribution in [0.4, 0.5) is 5.69 Å². The average Bonchev–Trinajstić information content (AvgIpc) is 2.63. The molecule has 1 fully saturated rings. The Labute approximate surface area is 121 Å². The van der Waals surface area contributed by atoms with Crippen LogP contribution in [0, 0.1) is 0 Å². The van der Waals surface area contributed by atoms with E-state index in [-0.39, 0.29) is 24.4 Å². The van der Waals surface area contributed by atoms with Crippen LogP contribution in [0.3, 0.4) is 0 Å². The molecule has 4 nitrogen and oxygen atoms in total. The third kappa shape index (κ3) is 4.57. The molecule has 1 atom stereocenters. The Morgan fingerprint density at radius 3 is 2.94 bits per heavy atom. The summed E-state index contributed by atoms with van der Waals surface area (Å²) in [6.45, 7) is 2.14. The molecule has 1 heterocycles. The molecule has 3 N–H and O–H groups in total. The number of benzene rings is 1. The van der Waals surface area contributed by atoms with Gasteiger partial charge in [0.05, 0.1) is 6.54 Å². The summed E-state index contributed by atoms with van der Waals surface area (Å²) in [6.07, 6.45) is 0.976. The molecule has 1 aromatic carbocycles. The summed E-state index contributed by atoms with van der Waals surface area (Å²) >= 11 is 3.37. The van der Waals surface area contributed by atoms with Crippen LogP contribution >= 0.6 is 28.3 Å². The molecule has 100 valence electrons. The first-order valence-corrected chi connectivity index (χ1v) is 6.46. The van der Waals surface area contributed by atoms with Crippen molar-refractivity contribution in [1.29, 1.82) is 0 Å². The first-order valence-electron chi connectivity index (χ1n) is 5.67. The topological polar surface area (TPSA) is 58.4 Å². The van der Waals surface area contributed by atoms with E-state index in [1.807, 2.05) is 24.3 Å². The van der Waals surface area contributed by atoms with Crippen LogP contribution in [0.2, 0.25) is 0 Å². The largest absolute Gasteiger partial charge is 0.326 e. The maximum absolute atomic E-state index is 11.8. The normalized spacial score (nSPS) is 19.3. The van der Waals surface area contributed by atoms with Gasteiger partial charge >= 0.3 is 0 Å². The minimum atomic E-state index is 0. The SMILES string of the molecule is Cl.NC1CCN(CC(=O)Nc2cccc(Br)c2)C1. The van der Waals surface area contributed by atoms with Crippen LogP contribution in [0.15, 0.2) is 28.7 Å². The second-order valence-corrected chi connectivity index (χ2v) is 5.26. The van der Waals surface area contributed by atoms with Gasteiger partial charge < -0.3 is 11.1 Å². The van der Waals surface area contributed by atoms with Gasteiger partial charge in [-0.2, -0.15) is 0 Å². The van der Waals surface area contributed by atoms with Crippen LogP contribution in [0.25, 0.3) is 0 Å². The van der Waals surface area contributed by atoms with Gasteiger partial charge in [0.1, 0.15) is 0 Å². The molecular formula is C12H17BrClN3O. The van der Waals surface area contributed by atoms with Gasteiger partial charge in [0.2, 0.25) is 5.91 Å². The third-order valence-electron chi connectivity index (χ3n) is 2.78. The lowest BCUT2D eigenvalue weighted by atomic mass is 10.3.